The lowest BCUT2D eigenvalue weighted by Gasteiger charge is -2.63. The molecule has 3 unspecified atom stereocenters. The van der Waals surface area contributed by atoms with Crippen molar-refractivity contribution in [2.75, 3.05) is 6.61 Å². The fraction of sp³-hybridized carbons (Fsp3) is 0.455. The van der Waals surface area contributed by atoms with E-state index in [4.69, 9.17) is 9.16 Å². The minimum Gasteiger partial charge on any atom is -0.407 e. The molecule has 4 rings (SSSR count). The molecule has 4 heteroatoms. The topological polar surface area (TPSA) is 38.7 Å². The highest BCUT2D eigenvalue weighted by Crippen LogP contribution is 2.57. The van der Waals surface area contributed by atoms with E-state index in [1.165, 1.54) is 10.4 Å². The number of hydrogen-bond donors (Lipinski definition) is 1. The summed E-state index contributed by atoms with van der Waals surface area (Å²) in [5.41, 5.74) is -0.419. The summed E-state index contributed by atoms with van der Waals surface area (Å²) in [6.07, 6.45) is -0.988. The number of rotatable bonds is 7. The quantitative estimate of drug-likeness (QED) is 0.375. The zero-order valence-corrected chi connectivity index (χ0v) is 24.8. The van der Waals surface area contributed by atoms with Gasteiger partial charge in [0.05, 0.1) is 6.10 Å². The highest BCUT2D eigenvalue weighted by atomic mass is 28.4. The summed E-state index contributed by atoms with van der Waals surface area (Å²) in [5.74, 6) is 0. The fourth-order valence-corrected chi connectivity index (χ4v) is 10.9. The van der Waals surface area contributed by atoms with Crippen LogP contribution in [-0.4, -0.2) is 32.2 Å². The molecule has 0 spiro atoms. The van der Waals surface area contributed by atoms with Crippen LogP contribution in [0.2, 0.25) is 5.04 Å². The molecule has 3 aromatic rings. The van der Waals surface area contributed by atoms with Crippen LogP contribution in [0.3, 0.4) is 0 Å². The van der Waals surface area contributed by atoms with E-state index >= 15 is 0 Å². The maximum atomic E-state index is 11.8. The van der Waals surface area contributed by atoms with Gasteiger partial charge in [0.2, 0.25) is 0 Å². The molecule has 0 aromatic heterocycles. The molecule has 0 amide bonds. The summed E-state index contributed by atoms with van der Waals surface area (Å²) in [7, 11) is -2.69. The molecule has 0 aliphatic carbocycles. The summed E-state index contributed by atoms with van der Waals surface area (Å²) >= 11 is 0. The Hall–Kier alpha value is -2.24. The van der Waals surface area contributed by atoms with Crippen molar-refractivity contribution in [1.29, 1.82) is 0 Å². The molecule has 0 radical (unpaired) electrons. The van der Waals surface area contributed by atoms with Crippen LogP contribution in [0.1, 0.15) is 61.0 Å². The Morgan fingerprint density at radius 3 is 1.54 bits per heavy atom. The highest BCUT2D eigenvalue weighted by molar-refractivity contribution is 6.99. The van der Waals surface area contributed by atoms with Gasteiger partial charge in [0.15, 0.2) is 0 Å². The van der Waals surface area contributed by atoms with Crippen molar-refractivity contribution in [3.8, 4) is 0 Å². The van der Waals surface area contributed by atoms with Gasteiger partial charge < -0.3 is 14.3 Å². The van der Waals surface area contributed by atoms with E-state index in [9.17, 15) is 5.11 Å². The monoisotopic (exact) mass is 516 g/mol. The minimum absolute atomic E-state index is 0.107. The van der Waals surface area contributed by atoms with Crippen molar-refractivity contribution in [1.82, 2.24) is 0 Å². The molecule has 0 bridgehead atoms. The number of aliphatic hydroxyl groups is 1. The average molecular weight is 517 g/mol. The zero-order valence-electron chi connectivity index (χ0n) is 23.8. The van der Waals surface area contributed by atoms with Crippen molar-refractivity contribution in [3.63, 3.8) is 0 Å². The second-order valence-electron chi connectivity index (χ2n) is 13.3. The van der Waals surface area contributed by atoms with Crippen molar-refractivity contribution >= 4 is 18.7 Å². The normalized spacial score (nSPS) is 22.9. The molecule has 0 saturated carbocycles. The lowest BCUT2D eigenvalue weighted by molar-refractivity contribution is -0.362. The first kappa shape index (κ1) is 27.8. The SMILES string of the molecule is CC(C)(CO[Si](c1ccccc1)(c1ccccc1)C(C)(C)C)C1OC(c2ccccc2)(C(C)(C)C)C1O. The van der Waals surface area contributed by atoms with Crippen molar-refractivity contribution in [2.45, 2.75) is 78.2 Å². The predicted octanol–water partition coefficient (Wildman–Crippen LogP) is 6.29. The van der Waals surface area contributed by atoms with Gasteiger partial charge in [-0.05, 0) is 26.4 Å². The number of hydrogen-bond acceptors (Lipinski definition) is 3. The van der Waals surface area contributed by atoms with Crippen molar-refractivity contribution in [2.24, 2.45) is 10.8 Å². The maximum absolute atomic E-state index is 11.8. The van der Waals surface area contributed by atoms with Gasteiger partial charge in [0.25, 0.3) is 8.32 Å². The second-order valence-corrected chi connectivity index (χ2v) is 17.6. The third kappa shape index (κ3) is 4.63. The number of benzene rings is 3. The van der Waals surface area contributed by atoms with E-state index in [1.807, 2.05) is 18.2 Å². The van der Waals surface area contributed by atoms with Gasteiger partial charge in [-0.2, -0.15) is 0 Å². The minimum atomic E-state index is -2.69. The van der Waals surface area contributed by atoms with E-state index in [0.29, 0.717) is 6.61 Å². The Morgan fingerprint density at radius 2 is 1.16 bits per heavy atom. The smallest absolute Gasteiger partial charge is 0.261 e. The Kier molecular flexibility index (Phi) is 7.37. The third-order valence-corrected chi connectivity index (χ3v) is 13.2. The van der Waals surface area contributed by atoms with Gasteiger partial charge >= 0.3 is 0 Å². The van der Waals surface area contributed by atoms with Crippen LogP contribution in [0.15, 0.2) is 91.0 Å². The van der Waals surface area contributed by atoms with Gasteiger partial charge in [-0.25, -0.2) is 0 Å². The lowest BCUT2D eigenvalue weighted by Crippen LogP contribution is -2.72. The van der Waals surface area contributed by atoms with E-state index in [0.717, 1.165) is 5.56 Å². The fourth-order valence-electron chi connectivity index (χ4n) is 6.18. The molecule has 1 fully saturated rings. The van der Waals surface area contributed by atoms with E-state index < -0.39 is 25.4 Å². The molecular formula is C33H44O3Si. The molecule has 198 valence electrons. The summed E-state index contributed by atoms with van der Waals surface area (Å²) < 4.78 is 14.0. The number of aliphatic hydroxyl groups excluding tert-OH is 1. The maximum Gasteiger partial charge on any atom is 0.261 e. The largest absolute Gasteiger partial charge is 0.407 e. The van der Waals surface area contributed by atoms with Crippen LogP contribution in [0.5, 0.6) is 0 Å². The average Bonchev–Trinajstić information content (AvgIpc) is 2.84. The number of ether oxygens (including phenoxy) is 1. The summed E-state index contributed by atoms with van der Waals surface area (Å²) in [5, 5.41) is 14.2. The van der Waals surface area contributed by atoms with Crippen molar-refractivity contribution in [3.05, 3.63) is 96.6 Å². The van der Waals surface area contributed by atoms with Gasteiger partial charge in [-0.3, -0.25) is 0 Å². The molecule has 3 aromatic carbocycles. The molecule has 1 aliphatic rings. The molecule has 1 heterocycles. The second kappa shape index (κ2) is 9.81. The molecule has 37 heavy (non-hydrogen) atoms. The lowest BCUT2D eigenvalue weighted by atomic mass is 9.60. The molecule has 1 N–H and O–H groups in total. The molecular weight excluding hydrogens is 472 g/mol. The summed E-state index contributed by atoms with van der Waals surface area (Å²) in [6.45, 7) is 18.1. The van der Waals surface area contributed by atoms with Gasteiger partial charge in [-0.1, -0.05) is 146 Å². The Labute approximate surface area is 225 Å². The van der Waals surface area contributed by atoms with E-state index in [-0.39, 0.29) is 16.6 Å². The Balaban J connectivity index is 1.69. The molecule has 1 aliphatic heterocycles. The van der Waals surface area contributed by atoms with E-state index in [1.54, 1.807) is 0 Å². The van der Waals surface area contributed by atoms with Crippen LogP contribution in [0, 0.1) is 10.8 Å². The first-order valence-electron chi connectivity index (χ1n) is 13.4. The summed E-state index contributed by atoms with van der Waals surface area (Å²) in [6, 6.07) is 31.6. The Morgan fingerprint density at radius 1 is 0.730 bits per heavy atom. The first-order chi connectivity index (χ1) is 17.3. The standard InChI is InChI=1S/C33H44O3Si/c1-30(2,3)33(25-18-12-9-13-19-25)28(34)29(36-33)32(7,8)24-35-37(31(4,5)6,26-20-14-10-15-21-26)27-22-16-11-17-23-27/h9-23,28-29,34H,24H2,1-8H3. The predicted molar refractivity (Wildman–Crippen MR) is 156 cm³/mol. The zero-order chi connectivity index (χ0) is 27.1. The van der Waals surface area contributed by atoms with Crippen LogP contribution in [-0.2, 0) is 14.8 Å². The van der Waals surface area contributed by atoms with Crippen LogP contribution < -0.4 is 10.4 Å². The van der Waals surface area contributed by atoms with Gasteiger partial charge in [0.1, 0.15) is 11.7 Å². The molecule has 3 atom stereocenters. The summed E-state index contributed by atoms with van der Waals surface area (Å²) in [4.78, 5) is 0. The van der Waals surface area contributed by atoms with Crippen LogP contribution in [0.25, 0.3) is 0 Å². The molecule has 1 saturated heterocycles. The van der Waals surface area contributed by atoms with Crippen LogP contribution in [0.4, 0.5) is 0 Å². The molecule has 3 nitrogen and oxygen atoms in total. The Bertz CT molecular complexity index is 1120. The third-order valence-electron chi connectivity index (χ3n) is 8.18. The van der Waals surface area contributed by atoms with Crippen LogP contribution >= 0.6 is 0 Å². The van der Waals surface area contributed by atoms with Crippen molar-refractivity contribution < 1.29 is 14.3 Å². The van der Waals surface area contributed by atoms with Gasteiger partial charge in [0, 0.05) is 12.0 Å². The first-order valence-corrected chi connectivity index (χ1v) is 15.3. The van der Waals surface area contributed by atoms with E-state index in [2.05, 4.69) is 128 Å². The van der Waals surface area contributed by atoms with Gasteiger partial charge in [-0.15, -0.1) is 0 Å². The highest BCUT2D eigenvalue weighted by Gasteiger charge is 2.65.